The summed E-state index contributed by atoms with van der Waals surface area (Å²) in [6.07, 6.45) is 2.72. The van der Waals surface area contributed by atoms with Crippen molar-refractivity contribution < 1.29 is 9.47 Å². The van der Waals surface area contributed by atoms with Gasteiger partial charge in [-0.25, -0.2) is 0 Å². The average molecular weight is 311 g/mol. The van der Waals surface area contributed by atoms with E-state index in [0.29, 0.717) is 12.7 Å². The molecule has 1 N–H and O–H groups in total. The normalized spacial score (nSPS) is 17.3. The van der Waals surface area contributed by atoms with Crippen LogP contribution in [0.3, 0.4) is 0 Å². The molecule has 3 nitrogen and oxygen atoms in total. The molecule has 0 amide bonds. The third kappa shape index (κ3) is 4.81. The van der Waals surface area contributed by atoms with Gasteiger partial charge < -0.3 is 14.8 Å². The van der Waals surface area contributed by atoms with Crippen LogP contribution >= 0.6 is 0 Å². The summed E-state index contributed by atoms with van der Waals surface area (Å²) in [7, 11) is 0. The number of rotatable bonds is 7. The van der Waals surface area contributed by atoms with Crippen molar-refractivity contribution in [2.75, 3.05) is 13.2 Å². The number of aryl methyl sites for hydroxylation is 1. The van der Waals surface area contributed by atoms with Gasteiger partial charge in [0.05, 0.1) is 6.10 Å². The summed E-state index contributed by atoms with van der Waals surface area (Å²) in [5.74, 6) is 0.953. The maximum absolute atomic E-state index is 6.03. The first-order valence-electron chi connectivity index (χ1n) is 8.40. The Morgan fingerprint density at radius 1 is 1.17 bits per heavy atom. The van der Waals surface area contributed by atoms with Crippen LogP contribution in [0.5, 0.6) is 5.75 Å². The third-order valence-electron chi connectivity index (χ3n) is 4.16. The van der Waals surface area contributed by atoms with Crippen molar-refractivity contribution in [3.63, 3.8) is 0 Å². The van der Waals surface area contributed by atoms with Crippen LogP contribution in [0.25, 0.3) is 0 Å². The number of nitrogens with one attached hydrogen (secondary N) is 1. The SMILES string of the molecule is Cc1cccc(COc2ccccc2CNC[C@H]2CCCO2)c1. The predicted octanol–water partition coefficient (Wildman–Crippen LogP) is 3.84. The minimum absolute atomic E-state index is 0.371. The van der Waals surface area contributed by atoms with Gasteiger partial charge in [-0.3, -0.25) is 0 Å². The lowest BCUT2D eigenvalue weighted by Gasteiger charge is -2.14. The highest BCUT2D eigenvalue weighted by Crippen LogP contribution is 2.20. The van der Waals surface area contributed by atoms with Gasteiger partial charge in [-0.2, -0.15) is 0 Å². The molecular formula is C20H25NO2. The molecule has 3 heteroatoms. The molecule has 0 aromatic heterocycles. The number of benzene rings is 2. The van der Waals surface area contributed by atoms with E-state index in [9.17, 15) is 0 Å². The molecule has 0 saturated carbocycles. The van der Waals surface area contributed by atoms with Gasteiger partial charge in [-0.05, 0) is 31.4 Å². The van der Waals surface area contributed by atoms with Crippen molar-refractivity contribution in [1.82, 2.24) is 5.32 Å². The van der Waals surface area contributed by atoms with Crippen LogP contribution in [0.2, 0.25) is 0 Å². The smallest absolute Gasteiger partial charge is 0.124 e. The zero-order valence-corrected chi connectivity index (χ0v) is 13.8. The largest absolute Gasteiger partial charge is 0.489 e. The molecule has 1 aliphatic heterocycles. The van der Waals surface area contributed by atoms with E-state index in [4.69, 9.17) is 9.47 Å². The zero-order valence-electron chi connectivity index (χ0n) is 13.8. The van der Waals surface area contributed by atoms with Crippen molar-refractivity contribution in [2.24, 2.45) is 0 Å². The molecule has 1 atom stereocenters. The summed E-state index contributed by atoms with van der Waals surface area (Å²) in [5.41, 5.74) is 3.66. The molecular weight excluding hydrogens is 286 g/mol. The molecule has 0 aliphatic carbocycles. The van der Waals surface area contributed by atoms with Crippen LogP contribution in [-0.2, 0) is 17.9 Å². The van der Waals surface area contributed by atoms with E-state index in [2.05, 4.69) is 48.6 Å². The number of ether oxygens (including phenoxy) is 2. The van der Waals surface area contributed by atoms with Crippen LogP contribution in [0.4, 0.5) is 0 Å². The van der Waals surface area contributed by atoms with Gasteiger partial charge in [0.2, 0.25) is 0 Å². The Morgan fingerprint density at radius 3 is 2.91 bits per heavy atom. The zero-order chi connectivity index (χ0) is 15.9. The van der Waals surface area contributed by atoms with E-state index in [1.807, 2.05) is 12.1 Å². The van der Waals surface area contributed by atoms with Crippen molar-refractivity contribution in [3.8, 4) is 5.75 Å². The fourth-order valence-electron chi connectivity index (χ4n) is 2.93. The fourth-order valence-corrected chi connectivity index (χ4v) is 2.93. The Bertz CT molecular complexity index is 621. The van der Waals surface area contributed by atoms with E-state index in [1.54, 1.807) is 0 Å². The summed E-state index contributed by atoms with van der Waals surface area (Å²) in [6, 6.07) is 16.7. The van der Waals surface area contributed by atoms with Crippen molar-refractivity contribution >= 4 is 0 Å². The molecule has 0 spiro atoms. The molecule has 1 saturated heterocycles. The van der Waals surface area contributed by atoms with Gasteiger partial charge in [0.1, 0.15) is 12.4 Å². The lowest BCUT2D eigenvalue weighted by molar-refractivity contribution is 0.110. The first-order valence-corrected chi connectivity index (χ1v) is 8.40. The molecule has 23 heavy (non-hydrogen) atoms. The summed E-state index contributed by atoms with van der Waals surface area (Å²) < 4.78 is 11.7. The van der Waals surface area contributed by atoms with E-state index in [1.165, 1.54) is 29.5 Å². The van der Waals surface area contributed by atoms with Crippen LogP contribution in [0.15, 0.2) is 48.5 Å². The predicted molar refractivity (Wildman–Crippen MR) is 92.6 cm³/mol. The van der Waals surface area contributed by atoms with Crippen LogP contribution in [-0.4, -0.2) is 19.3 Å². The summed E-state index contributed by atoms with van der Waals surface area (Å²) in [5, 5.41) is 3.49. The fraction of sp³-hybridized carbons (Fsp3) is 0.400. The summed E-state index contributed by atoms with van der Waals surface area (Å²) in [4.78, 5) is 0. The second kappa shape index (κ2) is 8.14. The first kappa shape index (κ1) is 16.0. The van der Waals surface area contributed by atoms with E-state index >= 15 is 0 Å². The Labute approximate surface area is 138 Å². The van der Waals surface area contributed by atoms with Gasteiger partial charge in [-0.1, -0.05) is 48.0 Å². The topological polar surface area (TPSA) is 30.5 Å². The minimum Gasteiger partial charge on any atom is -0.489 e. The quantitative estimate of drug-likeness (QED) is 0.842. The second-order valence-corrected chi connectivity index (χ2v) is 6.15. The summed E-state index contributed by atoms with van der Waals surface area (Å²) in [6.45, 7) is 5.33. The first-order chi connectivity index (χ1) is 11.3. The van der Waals surface area contributed by atoms with E-state index in [0.717, 1.165) is 25.4 Å². The molecule has 0 bridgehead atoms. The van der Waals surface area contributed by atoms with E-state index in [-0.39, 0.29) is 0 Å². The minimum atomic E-state index is 0.371. The average Bonchev–Trinajstić information content (AvgIpc) is 3.07. The lowest BCUT2D eigenvalue weighted by Crippen LogP contribution is -2.25. The maximum atomic E-state index is 6.03. The molecule has 1 heterocycles. The van der Waals surface area contributed by atoms with Crippen molar-refractivity contribution in [3.05, 3.63) is 65.2 Å². The lowest BCUT2D eigenvalue weighted by atomic mass is 10.1. The van der Waals surface area contributed by atoms with Crippen molar-refractivity contribution in [2.45, 2.75) is 39.0 Å². The van der Waals surface area contributed by atoms with Crippen LogP contribution in [0, 0.1) is 6.92 Å². The number of para-hydroxylation sites is 1. The summed E-state index contributed by atoms with van der Waals surface area (Å²) >= 11 is 0. The molecule has 0 unspecified atom stereocenters. The van der Waals surface area contributed by atoms with Gasteiger partial charge in [0, 0.05) is 25.3 Å². The molecule has 1 aliphatic rings. The molecule has 1 fully saturated rings. The number of hydrogen-bond acceptors (Lipinski definition) is 3. The Balaban J connectivity index is 1.54. The van der Waals surface area contributed by atoms with Gasteiger partial charge in [0.15, 0.2) is 0 Å². The van der Waals surface area contributed by atoms with Crippen LogP contribution in [0.1, 0.15) is 29.5 Å². The molecule has 122 valence electrons. The highest BCUT2D eigenvalue weighted by molar-refractivity contribution is 5.33. The third-order valence-corrected chi connectivity index (χ3v) is 4.16. The Kier molecular flexibility index (Phi) is 5.67. The van der Waals surface area contributed by atoms with Crippen LogP contribution < -0.4 is 10.1 Å². The monoisotopic (exact) mass is 311 g/mol. The van der Waals surface area contributed by atoms with E-state index < -0.39 is 0 Å². The molecule has 2 aromatic carbocycles. The Hall–Kier alpha value is -1.84. The molecule has 0 radical (unpaired) electrons. The highest BCUT2D eigenvalue weighted by Gasteiger charge is 2.14. The maximum Gasteiger partial charge on any atom is 0.124 e. The highest BCUT2D eigenvalue weighted by atomic mass is 16.5. The van der Waals surface area contributed by atoms with Gasteiger partial charge in [0.25, 0.3) is 0 Å². The molecule has 2 aromatic rings. The Morgan fingerprint density at radius 2 is 2.09 bits per heavy atom. The standard InChI is InChI=1S/C20H25NO2/c1-16-6-4-7-17(12-16)15-23-20-10-3-2-8-18(20)13-21-14-19-9-5-11-22-19/h2-4,6-8,10,12,19,21H,5,9,11,13-15H2,1H3/t19-/m1/s1. The molecule has 3 rings (SSSR count). The number of hydrogen-bond donors (Lipinski definition) is 1. The second-order valence-electron chi connectivity index (χ2n) is 6.15. The van der Waals surface area contributed by atoms with Gasteiger partial charge >= 0.3 is 0 Å². The van der Waals surface area contributed by atoms with Crippen molar-refractivity contribution in [1.29, 1.82) is 0 Å². The van der Waals surface area contributed by atoms with Gasteiger partial charge in [-0.15, -0.1) is 0 Å².